The molecule has 3 heteroatoms. The fourth-order valence-electron chi connectivity index (χ4n) is 1.69. The van der Waals surface area contributed by atoms with Crippen molar-refractivity contribution in [2.24, 2.45) is 5.92 Å². The lowest BCUT2D eigenvalue weighted by Gasteiger charge is -2.19. The molecule has 0 aliphatic rings. The molecule has 0 aliphatic heterocycles. The largest absolute Gasteiger partial charge is 0.308 e. The van der Waals surface area contributed by atoms with Gasteiger partial charge >= 0.3 is 0 Å². The predicted octanol–water partition coefficient (Wildman–Crippen LogP) is 2.89. The Morgan fingerprint density at radius 1 is 1.27 bits per heavy atom. The maximum Gasteiger partial charge on any atom is 0.0534 e. The van der Waals surface area contributed by atoms with E-state index in [0.29, 0.717) is 12.1 Å². The zero-order valence-corrected chi connectivity index (χ0v) is 10.2. The summed E-state index contributed by atoms with van der Waals surface area (Å²) in [6, 6.07) is 0.947. The minimum atomic E-state index is 0.380. The molecule has 0 spiro atoms. The first-order chi connectivity index (χ1) is 7.09. The summed E-state index contributed by atoms with van der Waals surface area (Å²) in [6.45, 7) is 8.97. The number of aromatic amines is 1. The van der Waals surface area contributed by atoms with Crippen molar-refractivity contribution in [3.63, 3.8) is 0 Å². The molecular formula is C12H23N3. The first-order valence-corrected chi connectivity index (χ1v) is 5.84. The summed E-state index contributed by atoms with van der Waals surface area (Å²) < 4.78 is 0. The highest BCUT2D eigenvalue weighted by molar-refractivity contribution is 5.08. The lowest BCUT2D eigenvalue weighted by molar-refractivity contribution is 0.417. The van der Waals surface area contributed by atoms with Crippen molar-refractivity contribution in [1.29, 1.82) is 0 Å². The van der Waals surface area contributed by atoms with Crippen LogP contribution >= 0.6 is 0 Å². The van der Waals surface area contributed by atoms with Crippen LogP contribution in [0.1, 0.15) is 52.1 Å². The minimum absolute atomic E-state index is 0.380. The van der Waals surface area contributed by atoms with Crippen LogP contribution in [0.25, 0.3) is 0 Å². The Balaban J connectivity index is 2.28. The van der Waals surface area contributed by atoms with Gasteiger partial charge in [0, 0.05) is 23.8 Å². The van der Waals surface area contributed by atoms with Gasteiger partial charge in [-0.25, -0.2) is 0 Å². The highest BCUT2D eigenvalue weighted by Gasteiger charge is 2.10. The molecule has 2 unspecified atom stereocenters. The van der Waals surface area contributed by atoms with Crippen LogP contribution in [0.15, 0.2) is 12.4 Å². The summed E-state index contributed by atoms with van der Waals surface area (Å²) in [7, 11) is 0. The minimum Gasteiger partial charge on any atom is -0.308 e. The lowest BCUT2D eigenvalue weighted by Crippen LogP contribution is -2.29. The van der Waals surface area contributed by atoms with Crippen molar-refractivity contribution in [1.82, 2.24) is 15.5 Å². The summed E-state index contributed by atoms with van der Waals surface area (Å²) in [5.74, 6) is 0.790. The third kappa shape index (κ3) is 4.47. The second-order valence-corrected chi connectivity index (χ2v) is 4.79. The molecule has 0 aromatic carbocycles. The second kappa shape index (κ2) is 5.91. The molecule has 86 valence electrons. The molecule has 2 N–H and O–H groups in total. The van der Waals surface area contributed by atoms with Gasteiger partial charge in [-0.1, -0.05) is 13.8 Å². The van der Waals surface area contributed by atoms with E-state index in [-0.39, 0.29) is 0 Å². The van der Waals surface area contributed by atoms with Gasteiger partial charge in [-0.15, -0.1) is 0 Å². The number of nitrogens with zero attached hydrogens (tertiary/aromatic N) is 1. The van der Waals surface area contributed by atoms with Gasteiger partial charge in [0.15, 0.2) is 0 Å². The van der Waals surface area contributed by atoms with Gasteiger partial charge in [-0.05, 0) is 32.6 Å². The molecule has 1 heterocycles. The first kappa shape index (κ1) is 12.2. The molecule has 1 rings (SSSR count). The highest BCUT2D eigenvalue weighted by atomic mass is 15.1. The van der Waals surface area contributed by atoms with Gasteiger partial charge in [0.25, 0.3) is 0 Å². The van der Waals surface area contributed by atoms with E-state index in [9.17, 15) is 0 Å². The van der Waals surface area contributed by atoms with Gasteiger partial charge in [-0.2, -0.15) is 5.10 Å². The summed E-state index contributed by atoms with van der Waals surface area (Å²) in [6.07, 6.45) is 6.35. The molecule has 0 aliphatic carbocycles. The van der Waals surface area contributed by atoms with E-state index in [4.69, 9.17) is 0 Å². The quantitative estimate of drug-likeness (QED) is 0.756. The Labute approximate surface area is 92.7 Å². The number of aromatic nitrogens is 2. The Hall–Kier alpha value is -0.830. The number of nitrogens with one attached hydrogen (secondary N) is 2. The van der Waals surface area contributed by atoms with Crippen LogP contribution in [0.3, 0.4) is 0 Å². The molecule has 0 amide bonds. The zero-order chi connectivity index (χ0) is 11.3. The standard InChI is InChI=1S/C12H23N3/c1-9(2)5-6-10(3)15-11(4)12-7-13-14-8-12/h7-11,15H,5-6H2,1-4H3,(H,13,14). The van der Waals surface area contributed by atoms with E-state index in [1.165, 1.54) is 18.4 Å². The third-order valence-corrected chi connectivity index (χ3v) is 2.73. The van der Waals surface area contributed by atoms with Gasteiger partial charge in [0.2, 0.25) is 0 Å². The summed E-state index contributed by atoms with van der Waals surface area (Å²) >= 11 is 0. The van der Waals surface area contributed by atoms with Gasteiger partial charge < -0.3 is 5.32 Å². The average molecular weight is 209 g/mol. The van der Waals surface area contributed by atoms with E-state index in [0.717, 1.165) is 5.92 Å². The van der Waals surface area contributed by atoms with Crippen molar-refractivity contribution >= 4 is 0 Å². The van der Waals surface area contributed by atoms with Crippen LogP contribution in [-0.2, 0) is 0 Å². The SMILES string of the molecule is CC(C)CCC(C)NC(C)c1cn[nH]c1. The van der Waals surface area contributed by atoms with E-state index < -0.39 is 0 Å². The summed E-state index contributed by atoms with van der Waals surface area (Å²) in [4.78, 5) is 0. The Morgan fingerprint density at radius 2 is 2.00 bits per heavy atom. The zero-order valence-electron chi connectivity index (χ0n) is 10.2. The van der Waals surface area contributed by atoms with Crippen molar-refractivity contribution in [3.8, 4) is 0 Å². The number of H-pyrrole nitrogens is 1. The molecule has 15 heavy (non-hydrogen) atoms. The van der Waals surface area contributed by atoms with Crippen molar-refractivity contribution < 1.29 is 0 Å². The van der Waals surface area contributed by atoms with Gasteiger partial charge in [0.05, 0.1) is 6.20 Å². The summed E-state index contributed by atoms with van der Waals surface area (Å²) in [5.41, 5.74) is 1.23. The average Bonchev–Trinajstić information content (AvgIpc) is 2.67. The molecule has 1 aromatic heterocycles. The van der Waals surface area contributed by atoms with Crippen LogP contribution in [0.4, 0.5) is 0 Å². The number of hydrogen-bond donors (Lipinski definition) is 2. The second-order valence-electron chi connectivity index (χ2n) is 4.79. The van der Waals surface area contributed by atoms with Gasteiger partial charge in [0.1, 0.15) is 0 Å². The van der Waals surface area contributed by atoms with Gasteiger partial charge in [-0.3, -0.25) is 5.10 Å². The lowest BCUT2D eigenvalue weighted by atomic mass is 10.0. The van der Waals surface area contributed by atoms with E-state index >= 15 is 0 Å². The number of rotatable bonds is 6. The molecule has 3 nitrogen and oxygen atoms in total. The van der Waals surface area contributed by atoms with Crippen molar-refractivity contribution in [2.45, 2.75) is 52.6 Å². The van der Waals surface area contributed by atoms with Crippen molar-refractivity contribution in [2.75, 3.05) is 0 Å². The van der Waals surface area contributed by atoms with E-state index in [1.54, 1.807) is 0 Å². The van der Waals surface area contributed by atoms with Crippen LogP contribution in [-0.4, -0.2) is 16.2 Å². The maximum absolute atomic E-state index is 3.96. The number of hydrogen-bond acceptors (Lipinski definition) is 2. The normalized spacial score (nSPS) is 15.5. The molecular weight excluding hydrogens is 186 g/mol. The predicted molar refractivity (Wildman–Crippen MR) is 63.7 cm³/mol. The Bertz CT molecular complexity index is 254. The van der Waals surface area contributed by atoms with Crippen LogP contribution in [0.5, 0.6) is 0 Å². The third-order valence-electron chi connectivity index (χ3n) is 2.73. The topological polar surface area (TPSA) is 40.7 Å². The fraction of sp³-hybridized carbons (Fsp3) is 0.750. The van der Waals surface area contributed by atoms with Crippen LogP contribution in [0, 0.1) is 5.92 Å². The Kier molecular flexibility index (Phi) is 4.82. The fourth-order valence-corrected chi connectivity index (χ4v) is 1.69. The summed E-state index contributed by atoms with van der Waals surface area (Å²) in [5, 5.41) is 10.4. The molecule has 0 fully saturated rings. The molecule has 0 saturated heterocycles. The molecule has 2 atom stereocenters. The first-order valence-electron chi connectivity index (χ1n) is 5.84. The maximum atomic E-state index is 3.96. The smallest absolute Gasteiger partial charge is 0.0534 e. The molecule has 0 radical (unpaired) electrons. The monoisotopic (exact) mass is 209 g/mol. The Morgan fingerprint density at radius 3 is 2.53 bits per heavy atom. The van der Waals surface area contributed by atoms with Crippen LogP contribution in [0.2, 0.25) is 0 Å². The van der Waals surface area contributed by atoms with E-state index in [1.807, 2.05) is 12.4 Å². The van der Waals surface area contributed by atoms with Crippen molar-refractivity contribution in [3.05, 3.63) is 18.0 Å². The van der Waals surface area contributed by atoms with Crippen LogP contribution < -0.4 is 5.32 Å². The molecule has 1 aromatic rings. The molecule has 0 saturated carbocycles. The molecule has 0 bridgehead atoms. The highest BCUT2D eigenvalue weighted by Crippen LogP contribution is 2.13. The van der Waals surface area contributed by atoms with E-state index in [2.05, 4.69) is 43.2 Å².